The van der Waals surface area contributed by atoms with E-state index in [4.69, 9.17) is 0 Å². The normalized spacial score (nSPS) is 17.4. The Morgan fingerprint density at radius 2 is 1.97 bits per heavy atom. The number of para-hydroxylation sites is 2. The first-order chi connectivity index (χ1) is 15.0. The minimum Gasteiger partial charge on any atom is -0.324 e. The van der Waals surface area contributed by atoms with Crippen molar-refractivity contribution >= 4 is 28.9 Å². The number of amides is 2. The molecule has 2 aromatic carbocycles. The monoisotopic (exact) mass is 450 g/mol. The van der Waals surface area contributed by atoms with Crippen LogP contribution in [-0.4, -0.2) is 47.4 Å². The zero-order chi connectivity index (χ0) is 23.6. The van der Waals surface area contributed by atoms with Gasteiger partial charge in [-0.3, -0.25) is 29.5 Å². The van der Waals surface area contributed by atoms with Crippen molar-refractivity contribution < 1.29 is 27.7 Å². The summed E-state index contributed by atoms with van der Waals surface area (Å²) in [6, 6.07) is 8.82. The zero-order valence-corrected chi connectivity index (χ0v) is 17.3. The van der Waals surface area contributed by atoms with Crippen LogP contribution >= 0.6 is 0 Å². The number of carbonyl (C=O) groups is 2. The number of nitrogens with zero attached hydrogens (tertiary/aromatic N) is 3. The number of nitrogens with one attached hydrogen (secondary N) is 1. The average Bonchev–Trinajstić information content (AvgIpc) is 2.88. The van der Waals surface area contributed by atoms with Crippen molar-refractivity contribution in [3.8, 4) is 0 Å². The Labute approximate surface area is 181 Å². The predicted molar refractivity (Wildman–Crippen MR) is 111 cm³/mol. The first-order valence-corrected chi connectivity index (χ1v) is 9.71. The van der Waals surface area contributed by atoms with Gasteiger partial charge in [0.25, 0.3) is 5.69 Å². The summed E-state index contributed by atoms with van der Waals surface area (Å²) < 4.78 is 41.5. The maximum atomic E-state index is 13.8. The van der Waals surface area contributed by atoms with E-state index in [1.807, 2.05) is 0 Å². The highest BCUT2D eigenvalue weighted by Gasteiger charge is 2.49. The SMILES string of the molecule is CC(c1cccc([N+](=O)[O-])c1)N(C)CC(=O)N1c2ccccc2NC(=O)CC1C(F)(F)F. The third-order valence-electron chi connectivity index (χ3n) is 5.38. The Bertz CT molecular complexity index is 1040. The summed E-state index contributed by atoms with van der Waals surface area (Å²) in [5, 5.41) is 13.4. The average molecular weight is 450 g/mol. The second-order valence-electron chi connectivity index (χ2n) is 7.53. The summed E-state index contributed by atoms with van der Waals surface area (Å²) in [4.78, 5) is 37.8. The van der Waals surface area contributed by atoms with Crippen molar-refractivity contribution in [1.82, 2.24) is 4.90 Å². The topological polar surface area (TPSA) is 95.8 Å². The van der Waals surface area contributed by atoms with E-state index in [0.717, 1.165) is 0 Å². The number of carbonyl (C=O) groups excluding carboxylic acids is 2. The third kappa shape index (κ3) is 4.88. The van der Waals surface area contributed by atoms with E-state index in [9.17, 15) is 32.9 Å². The summed E-state index contributed by atoms with van der Waals surface area (Å²) in [5.41, 5.74) is 0.487. The van der Waals surface area contributed by atoms with E-state index in [1.54, 1.807) is 19.1 Å². The van der Waals surface area contributed by atoms with Crippen molar-refractivity contribution in [1.29, 1.82) is 0 Å². The lowest BCUT2D eigenvalue weighted by molar-refractivity contribution is -0.384. The fraction of sp³-hybridized carbons (Fsp3) is 0.333. The van der Waals surface area contributed by atoms with Crippen molar-refractivity contribution in [2.24, 2.45) is 0 Å². The number of likely N-dealkylation sites (N-methyl/N-ethyl adjacent to an activating group) is 1. The van der Waals surface area contributed by atoms with Gasteiger partial charge in [-0.05, 0) is 31.7 Å². The summed E-state index contributed by atoms with van der Waals surface area (Å²) in [6.07, 6.45) is -5.75. The minimum atomic E-state index is -4.82. The van der Waals surface area contributed by atoms with Crippen LogP contribution in [0.1, 0.15) is 24.9 Å². The summed E-state index contributed by atoms with van der Waals surface area (Å²) in [7, 11) is 1.54. The number of hydrogen-bond donors (Lipinski definition) is 1. The van der Waals surface area contributed by atoms with Gasteiger partial charge in [-0.1, -0.05) is 24.3 Å². The highest BCUT2D eigenvalue weighted by Crippen LogP contribution is 2.38. The second-order valence-corrected chi connectivity index (χ2v) is 7.53. The molecule has 0 radical (unpaired) electrons. The molecule has 2 amide bonds. The van der Waals surface area contributed by atoms with Crippen LogP contribution < -0.4 is 10.2 Å². The Balaban J connectivity index is 1.90. The molecular formula is C21H21F3N4O4. The first-order valence-electron chi connectivity index (χ1n) is 9.71. The number of fused-ring (bicyclic) bond motifs is 1. The summed E-state index contributed by atoms with van der Waals surface area (Å²) >= 11 is 0. The van der Waals surface area contributed by atoms with Gasteiger partial charge in [-0.15, -0.1) is 0 Å². The van der Waals surface area contributed by atoms with Gasteiger partial charge >= 0.3 is 6.18 Å². The van der Waals surface area contributed by atoms with Gasteiger partial charge in [0, 0.05) is 18.2 Å². The quantitative estimate of drug-likeness (QED) is 0.551. The third-order valence-corrected chi connectivity index (χ3v) is 5.38. The number of hydrogen-bond acceptors (Lipinski definition) is 5. The van der Waals surface area contributed by atoms with E-state index in [0.29, 0.717) is 10.5 Å². The van der Waals surface area contributed by atoms with E-state index < -0.39 is 48.0 Å². The molecule has 0 bridgehead atoms. The van der Waals surface area contributed by atoms with E-state index in [-0.39, 0.29) is 17.1 Å². The smallest absolute Gasteiger partial charge is 0.324 e. The van der Waals surface area contributed by atoms with Crippen molar-refractivity contribution in [2.75, 3.05) is 23.8 Å². The summed E-state index contributed by atoms with van der Waals surface area (Å²) in [6.45, 7) is 1.29. The van der Waals surface area contributed by atoms with Crippen molar-refractivity contribution in [2.45, 2.75) is 31.6 Å². The van der Waals surface area contributed by atoms with E-state index in [1.165, 1.54) is 48.3 Å². The van der Waals surface area contributed by atoms with Crippen LogP contribution in [0.15, 0.2) is 48.5 Å². The summed E-state index contributed by atoms with van der Waals surface area (Å²) in [5.74, 6) is -1.69. The van der Waals surface area contributed by atoms with Gasteiger partial charge in [0.05, 0.1) is 29.3 Å². The molecule has 11 heteroatoms. The lowest BCUT2D eigenvalue weighted by atomic mass is 10.1. The highest BCUT2D eigenvalue weighted by molar-refractivity contribution is 6.05. The zero-order valence-electron chi connectivity index (χ0n) is 17.3. The minimum absolute atomic E-state index is 0.0397. The maximum Gasteiger partial charge on any atom is 0.409 e. The standard InChI is InChI=1S/C21H21F3N4O4/c1-13(14-6-5-7-15(10-14)28(31)32)26(2)12-20(30)27-17-9-4-3-8-16(17)25-19(29)11-18(27)21(22,23)24/h3-10,13,18H,11-12H2,1-2H3,(H,25,29). The molecule has 3 rings (SSSR count). The number of anilines is 2. The number of halogens is 3. The molecule has 0 fully saturated rings. The van der Waals surface area contributed by atoms with Crippen LogP contribution in [0.5, 0.6) is 0 Å². The Hall–Kier alpha value is -3.47. The lowest BCUT2D eigenvalue weighted by Crippen LogP contribution is -2.52. The molecule has 1 aliphatic rings. The Morgan fingerprint density at radius 3 is 2.62 bits per heavy atom. The van der Waals surface area contributed by atoms with Crippen molar-refractivity contribution in [3.63, 3.8) is 0 Å². The number of benzene rings is 2. The Kier molecular flexibility index (Phi) is 6.49. The van der Waals surface area contributed by atoms with Gasteiger partial charge in [0.2, 0.25) is 11.8 Å². The first kappa shape index (κ1) is 23.2. The molecule has 0 saturated heterocycles. The van der Waals surface area contributed by atoms with Gasteiger partial charge in [-0.25, -0.2) is 0 Å². The molecule has 170 valence electrons. The number of nitro benzene ring substituents is 1. The molecular weight excluding hydrogens is 429 g/mol. The van der Waals surface area contributed by atoms with Crippen LogP contribution in [0, 0.1) is 10.1 Å². The molecule has 0 spiro atoms. The number of alkyl halides is 3. The fourth-order valence-electron chi connectivity index (χ4n) is 3.57. The van der Waals surface area contributed by atoms with Crippen LogP contribution in [-0.2, 0) is 9.59 Å². The van der Waals surface area contributed by atoms with Crippen molar-refractivity contribution in [3.05, 3.63) is 64.2 Å². The van der Waals surface area contributed by atoms with Crippen LogP contribution in [0.3, 0.4) is 0 Å². The van der Waals surface area contributed by atoms with Gasteiger partial charge < -0.3 is 5.32 Å². The molecule has 2 atom stereocenters. The van der Waals surface area contributed by atoms with Gasteiger partial charge in [-0.2, -0.15) is 13.2 Å². The van der Waals surface area contributed by atoms with E-state index >= 15 is 0 Å². The fourth-order valence-corrected chi connectivity index (χ4v) is 3.57. The largest absolute Gasteiger partial charge is 0.409 e. The molecule has 2 aromatic rings. The number of non-ortho nitro benzene ring substituents is 1. The Morgan fingerprint density at radius 1 is 1.28 bits per heavy atom. The molecule has 0 saturated carbocycles. The highest BCUT2D eigenvalue weighted by atomic mass is 19.4. The predicted octanol–water partition coefficient (Wildman–Crippen LogP) is 3.89. The molecule has 8 nitrogen and oxygen atoms in total. The molecule has 2 unspecified atom stereocenters. The number of nitro groups is 1. The number of rotatable bonds is 5. The molecule has 32 heavy (non-hydrogen) atoms. The second kappa shape index (κ2) is 8.95. The van der Waals surface area contributed by atoms with Crippen LogP contribution in [0.4, 0.5) is 30.2 Å². The van der Waals surface area contributed by atoms with Gasteiger partial charge in [0.15, 0.2) is 0 Å². The molecule has 1 N–H and O–H groups in total. The van der Waals surface area contributed by atoms with Crippen LogP contribution in [0.25, 0.3) is 0 Å². The van der Waals surface area contributed by atoms with Crippen LogP contribution in [0.2, 0.25) is 0 Å². The molecule has 0 aromatic heterocycles. The maximum absolute atomic E-state index is 13.8. The molecule has 0 aliphatic carbocycles. The lowest BCUT2D eigenvalue weighted by Gasteiger charge is -2.34. The molecule has 1 aliphatic heterocycles. The molecule has 1 heterocycles. The van der Waals surface area contributed by atoms with E-state index in [2.05, 4.69) is 5.32 Å². The van der Waals surface area contributed by atoms with Gasteiger partial charge in [0.1, 0.15) is 6.04 Å².